The molecule has 0 radical (unpaired) electrons. The minimum atomic E-state index is 0. The number of aromatic nitrogens is 6. The molecule has 0 spiro atoms. The molecule has 0 aliphatic carbocycles. The molecular formula is C36H6N6U6-6. The van der Waals surface area contributed by atoms with Gasteiger partial charge in [-0.1, -0.05) is 0 Å². The molecule has 3 heterocycles. The van der Waals surface area contributed by atoms with E-state index in [9.17, 15) is 0 Å². The van der Waals surface area contributed by atoms with Gasteiger partial charge < -0.3 is 74.1 Å². The third-order valence-electron chi connectivity index (χ3n) is 6.89. The molecule has 0 amide bonds. The fourth-order valence-corrected chi connectivity index (χ4v) is 4.92. The first-order valence-electron chi connectivity index (χ1n) is 12.1. The molecule has 6 nitrogen and oxygen atoms in total. The molecule has 0 saturated heterocycles. The number of nitrogens with zero attached hydrogens (tertiary/aromatic N) is 6. The molecule has 0 saturated carbocycles. The Morgan fingerprint density at radius 1 is 0.271 bits per heavy atom. The van der Waals surface area contributed by atoms with Gasteiger partial charge >= 0.3 is 0 Å². The molecule has 0 N–H and O–H groups in total. The summed E-state index contributed by atoms with van der Waals surface area (Å²) in [6.45, 7) is 0. The zero-order valence-corrected chi connectivity index (χ0v) is 49.1. The molecule has 7 rings (SSSR count). The summed E-state index contributed by atoms with van der Waals surface area (Å²) in [5.41, 5.74) is 6.74. The van der Waals surface area contributed by atoms with Crippen molar-refractivity contribution in [3.8, 4) is 35.5 Å². The van der Waals surface area contributed by atoms with E-state index < -0.39 is 0 Å². The van der Waals surface area contributed by atoms with Crippen molar-refractivity contribution in [1.29, 1.82) is 0 Å². The summed E-state index contributed by atoms with van der Waals surface area (Å²) in [6.07, 6.45) is 45.8. The van der Waals surface area contributed by atoms with Crippen LogP contribution >= 0.6 is 0 Å². The maximum atomic E-state index is 7.63. The summed E-state index contributed by atoms with van der Waals surface area (Å²) in [7, 11) is 0. The Kier molecular flexibility index (Phi) is 17.7. The van der Waals surface area contributed by atoms with Gasteiger partial charge in [-0.15, -0.1) is 36.4 Å². The Hall–Kier alpha value is -0.648. The number of rotatable bonds is 0. The van der Waals surface area contributed by atoms with Gasteiger partial charge in [0.2, 0.25) is 0 Å². The van der Waals surface area contributed by atoms with E-state index in [1.54, 1.807) is 36.4 Å². The predicted octanol–water partition coefficient (Wildman–Crippen LogP) is 4.60. The first-order chi connectivity index (χ1) is 20.5. The average molecular weight is 1950 g/mol. The molecule has 0 unspecified atom stereocenters. The molecule has 12 heteroatoms. The maximum absolute atomic E-state index is 7.63. The molecule has 0 bridgehead atoms. The molecule has 7 aromatic rings. The zero-order valence-electron chi connectivity index (χ0n) is 24.1. The van der Waals surface area contributed by atoms with Gasteiger partial charge in [0.15, 0.2) is 0 Å². The van der Waals surface area contributed by atoms with Crippen LogP contribution in [0.1, 0.15) is 33.4 Å². The van der Waals surface area contributed by atoms with Crippen LogP contribution in [0.4, 0.5) is 0 Å². The van der Waals surface area contributed by atoms with Crippen LogP contribution in [0.5, 0.6) is 0 Å². The minimum Gasteiger partial charge on any atom is -0.367 e. The molecule has 48 heavy (non-hydrogen) atoms. The van der Waals surface area contributed by atoms with Crippen LogP contribution < -0.4 is 0 Å². The molecule has 0 atom stereocenters. The fraction of sp³-hybridized carbons (Fsp3) is 0. The van der Waals surface area contributed by atoms with E-state index in [0.717, 1.165) is 0 Å². The van der Waals surface area contributed by atoms with Crippen molar-refractivity contribution in [3.63, 3.8) is 0 Å². The van der Waals surface area contributed by atoms with Crippen LogP contribution in [0.3, 0.4) is 0 Å². The van der Waals surface area contributed by atoms with E-state index in [1.165, 1.54) is 0 Å². The molecule has 0 aliphatic rings. The second kappa shape index (κ2) is 18.7. The second-order valence-corrected chi connectivity index (χ2v) is 9.17. The van der Waals surface area contributed by atoms with Gasteiger partial charge in [-0.3, -0.25) is 0 Å². The van der Waals surface area contributed by atoms with Gasteiger partial charge in [0.1, 0.15) is 33.1 Å². The van der Waals surface area contributed by atoms with Crippen LogP contribution in [-0.2, 0) is 0 Å². The van der Waals surface area contributed by atoms with E-state index in [2.05, 4.69) is 35.5 Å². The summed E-state index contributed by atoms with van der Waals surface area (Å²) in [6, 6.07) is 9.57. The van der Waals surface area contributed by atoms with Gasteiger partial charge in [0, 0.05) is 187 Å². The largest absolute Gasteiger partial charge is 0.367 e. The van der Waals surface area contributed by atoms with Crippen molar-refractivity contribution >= 4 is 66.2 Å². The Labute approximate surface area is 418 Å². The van der Waals surface area contributed by atoms with Gasteiger partial charge in [-0.25, -0.2) is 29.9 Å². The van der Waals surface area contributed by atoms with Crippen LogP contribution in [0.2, 0.25) is 0 Å². The van der Waals surface area contributed by atoms with E-state index in [-0.39, 0.29) is 187 Å². The van der Waals surface area contributed by atoms with Gasteiger partial charge in [0.05, 0.1) is 33.1 Å². The molecule has 0 fully saturated rings. The van der Waals surface area contributed by atoms with Gasteiger partial charge in [0.25, 0.3) is 0 Å². The summed E-state index contributed by atoms with van der Waals surface area (Å²) < 4.78 is 0. The van der Waals surface area contributed by atoms with Crippen molar-refractivity contribution in [3.05, 3.63) is 108 Å². The topological polar surface area (TPSA) is 77.3 Å². The van der Waals surface area contributed by atoms with Crippen molar-refractivity contribution in [2.45, 2.75) is 0 Å². The quantitative estimate of drug-likeness (QED) is 0.0958. The van der Waals surface area contributed by atoms with Crippen molar-refractivity contribution in [1.82, 2.24) is 29.9 Å². The Balaban J connectivity index is 0.00000192. The van der Waals surface area contributed by atoms with E-state index in [1.807, 2.05) is 0 Å². The summed E-state index contributed by atoms with van der Waals surface area (Å²) in [4.78, 5) is 29.1. The van der Waals surface area contributed by atoms with Gasteiger partial charge in [-0.2, -0.15) is 33.4 Å². The van der Waals surface area contributed by atoms with E-state index in [4.69, 9.17) is 68.4 Å². The second-order valence-electron chi connectivity index (χ2n) is 9.17. The third kappa shape index (κ3) is 7.74. The van der Waals surface area contributed by atoms with Crippen LogP contribution in [0.15, 0.2) is 36.4 Å². The van der Waals surface area contributed by atoms with Crippen LogP contribution in [0.25, 0.3) is 66.2 Å². The third-order valence-corrected chi connectivity index (χ3v) is 6.89. The number of fused-ring (bicyclic) bond motifs is 9. The number of benzene rings is 4. The van der Waals surface area contributed by atoms with E-state index in [0.29, 0.717) is 99.6 Å². The smallest absolute Gasteiger partial charge is 0.120 e. The predicted molar refractivity (Wildman–Crippen MR) is 156 cm³/mol. The summed E-state index contributed by atoms with van der Waals surface area (Å²) in [5.74, 6) is 13.8. The van der Waals surface area contributed by atoms with E-state index >= 15 is 0 Å². The minimum absolute atomic E-state index is 0. The number of hydrogen-bond acceptors (Lipinski definition) is 6. The Morgan fingerprint density at radius 3 is 0.500 bits per heavy atom. The average Bonchev–Trinajstić information content (AvgIpc) is 3.03. The number of hydrogen-bond donors (Lipinski definition) is 0. The van der Waals surface area contributed by atoms with Crippen molar-refractivity contribution in [2.24, 2.45) is 0 Å². The molecule has 4 aromatic carbocycles. The molecular weight excluding hydrogens is 1940 g/mol. The standard InChI is InChI=1S/C36H6N6.6U/c1-7-19-13-25-26(14-20(19)8-2)38-32-31(37-25)33-35(41-28-16-22(10-4)21(9-3)15-27(28)39-33)36-34(32)40-29-17-23(11-5)24(12-6)18-30(29)42-36;;;;;;/h13-18H;;;;;;/q-6;;;;;;. The normalized spacial score (nSPS) is 9.38. The van der Waals surface area contributed by atoms with Crippen molar-refractivity contribution < 1.29 is 187 Å². The Bertz CT molecular complexity index is 2210. The fourth-order valence-electron chi connectivity index (χ4n) is 4.92. The monoisotopic (exact) mass is 1950 g/mol. The molecule has 210 valence electrons. The van der Waals surface area contributed by atoms with Crippen LogP contribution in [0, 0.1) is 261 Å². The molecule has 3 aromatic heterocycles. The Morgan fingerprint density at radius 2 is 0.396 bits per heavy atom. The maximum Gasteiger partial charge on any atom is 0.120 e. The van der Waals surface area contributed by atoms with Crippen molar-refractivity contribution in [2.75, 3.05) is 0 Å². The first-order valence-corrected chi connectivity index (χ1v) is 12.1. The summed E-state index contributed by atoms with van der Waals surface area (Å²) >= 11 is 0. The van der Waals surface area contributed by atoms with Crippen LogP contribution in [-0.4, -0.2) is 29.9 Å². The summed E-state index contributed by atoms with van der Waals surface area (Å²) in [5, 5.41) is 0. The first kappa shape index (κ1) is 45.4. The molecule has 0 aliphatic heterocycles. The zero-order chi connectivity index (χ0) is 29.1. The van der Waals surface area contributed by atoms with Gasteiger partial charge in [-0.05, 0) is 0 Å². The SMILES string of the molecule is [C-]#Cc1cc2nc3c4nc5cc(C#[C-])c(C#[C-])cc5nc4c4nc5cc(C#[C-])c(C#[C-])cc5nc4c3nc2cc1C#[C-].[U].[U].[U].[U].[U].[U].